The summed E-state index contributed by atoms with van der Waals surface area (Å²) < 4.78 is 0. The standard InChI is InChI=1S/C15H14N2O/c16-14(18)9-8-10-4-3-6-12-11-5-1-2-7-13(11)17-15(10)12/h1-7,17H,8-9H2,(H2,16,18). The van der Waals surface area contributed by atoms with Crippen molar-refractivity contribution in [1.82, 2.24) is 4.98 Å². The van der Waals surface area contributed by atoms with E-state index < -0.39 is 0 Å². The van der Waals surface area contributed by atoms with Gasteiger partial charge in [-0.1, -0.05) is 36.4 Å². The van der Waals surface area contributed by atoms with Crippen molar-refractivity contribution in [3.63, 3.8) is 0 Å². The van der Waals surface area contributed by atoms with Crippen LogP contribution in [0.3, 0.4) is 0 Å². The topological polar surface area (TPSA) is 58.9 Å². The van der Waals surface area contributed by atoms with Gasteiger partial charge in [-0.15, -0.1) is 0 Å². The Bertz CT molecular complexity index is 728. The molecule has 2 aromatic carbocycles. The number of aryl methyl sites for hydroxylation is 1. The number of nitrogens with one attached hydrogen (secondary N) is 1. The number of aromatic nitrogens is 1. The van der Waals surface area contributed by atoms with Crippen molar-refractivity contribution >= 4 is 27.7 Å². The molecule has 0 aliphatic rings. The van der Waals surface area contributed by atoms with E-state index in [4.69, 9.17) is 5.73 Å². The smallest absolute Gasteiger partial charge is 0.217 e. The Balaban J connectivity index is 2.18. The lowest BCUT2D eigenvalue weighted by Crippen LogP contribution is -2.11. The van der Waals surface area contributed by atoms with Crippen LogP contribution in [0.2, 0.25) is 0 Å². The number of nitrogens with two attached hydrogens (primary N) is 1. The number of para-hydroxylation sites is 2. The number of aromatic amines is 1. The van der Waals surface area contributed by atoms with Gasteiger partial charge < -0.3 is 10.7 Å². The van der Waals surface area contributed by atoms with Crippen LogP contribution in [0.1, 0.15) is 12.0 Å². The molecule has 3 nitrogen and oxygen atoms in total. The highest BCUT2D eigenvalue weighted by Crippen LogP contribution is 2.27. The van der Waals surface area contributed by atoms with Crippen molar-refractivity contribution in [3.8, 4) is 0 Å². The fourth-order valence-electron chi connectivity index (χ4n) is 2.40. The zero-order valence-corrected chi connectivity index (χ0v) is 9.94. The summed E-state index contributed by atoms with van der Waals surface area (Å²) in [6.45, 7) is 0. The first kappa shape index (κ1) is 10.8. The van der Waals surface area contributed by atoms with Gasteiger partial charge in [0.2, 0.25) is 5.91 Å². The molecule has 0 bridgehead atoms. The van der Waals surface area contributed by atoms with Gasteiger partial charge in [0.05, 0.1) is 0 Å². The first-order chi connectivity index (χ1) is 8.75. The molecule has 90 valence electrons. The predicted molar refractivity (Wildman–Crippen MR) is 73.3 cm³/mol. The third kappa shape index (κ3) is 1.74. The Kier molecular flexibility index (Phi) is 2.52. The van der Waals surface area contributed by atoms with Crippen molar-refractivity contribution in [2.45, 2.75) is 12.8 Å². The highest BCUT2D eigenvalue weighted by Gasteiger charge is 2.07. The van der Waals surface area contributed by atoms with Gasteiger partial charge in [-0.05, 0) is 18.1 Å². The molecule has 3 heteroatoms. The maximum absolute atomic E-state index is 10.9. The van der Waals surface area contributed by atoms with Crippen molar-refractivity contribution in [3.05, 3.63) is 48.0 Å². The second kappa shape index (κ2) is 4.18. The third-order valence-corrected chi connectivity index (χ3v) is 3.27. The van der Waals surface area contributed by atoms with Crippen molar-refractivity contribution < 1.29 is 4.79 Å². The second-order valence-corrected chi connectivity index (χ2v) is 4.48. The third-order valence-electron chi connectivity index (χ3n) is 3.27. The number of carbonyl (C=O) groups excluding carboxylic acids is 1. The fourth-order valence-corrected chi connectivity index (χ4v) is 2.40. The van der Waals surface area contributed by atoms with Gasteiger partial charge in [-0.2, -0.15) is 0 Å². The minimum atomic E-state index is -0.261. The van der Waals surface area contributed by atoms with Crippen molar-refractivity contribution in [2.75, 3.05) is 0 Å². The molecule has 3 N–H and O–H groups in total. The number of hydrogen-bond donors (Lipinski definition) is 2. The number of rotatable bonds is 3. The van der Waals surface area contributed by atoms with Crippen LogP contribution in [0.4, 0.5) is 0 Å². The van der Waals surface area contributed by atoms with Gasteiger partial charge in [0, 0.05) is 28.2 Å². The highest BCUT2D eigenvalue weighted by atomic mass is 16.1. The zero-order valence-electron chi connectivity index (χ0n) is 9.94. The van der Waals surface area contributed by atoms with Gasteiger partial charge in [0.25, 0.3) is 0 Å². The fraction of sp³-hybridized carbons (Fsp3) is 0.133. The summed E-state index contributed by atoms with van der Waals surface area (Å²) in [5.41, 5.74) is 8.59. The minimum Gasteiger partial charge on any atom is -0.370 e. The predicted octanol–water partition coefficient (Wildman–Crippen LogP) is 2.74. The van der Waals surface area contributed by atoms with Gasteiger partial charge in [-0.25, -0.2) is 0 Å². The van der Waals surface area contributed by atoms with Gasteiger partial charge >= 0.3 is 0 Å². The number of fused-ring (bicyclic) bond motifs is 3. The summed E-state index contributed by atoms with van der Waals surface area (Å²) in [4.78, 5) is 14.3. The van der Waals surface area contributed by atoms with Gasteiger partial charge in [0.1, 0.15) is 0 Å². The Morgan fingerprint density at radius 2 is 1.83 bits per heavy atom. The summed E-state index contributed by atoms with van der Waals surface area (Å²) in [5, 5.41) is 2.42. The Hall–Kier alpha value is -2.29. The first-order valence-electron chi connectivity index (χ1n) is 6.02. The Labute approximate surface area is 105 Å². The summed E-state index contributed by atoms with van der Waals surface area (Å²) in [6, 6.07) is 14.4. The van der Waals surface area contributed by atoms with Gasteiger partial charge in [-0.3, -0.25) is 4.79 Å². The second-order valence-electron chi connectivity index (χ2n) is 4.48. The van der Waals surface area contributed by atoms with E-state index in [2.05, 4.69) is 23.2 Å². The van der Waals surface area contributed by atoms with Crippen LogP contribution in [0, 0.1) is 0 Å². The SMILES string of the molecule is NC(=O)CCc1cccc2c1[nH]c1ccccc12. The summed E-state index contributed by atoms with van der Waals surface area (Å²) >= 11 is 0. The summed E-state index contributed by atoms with van der Waals surface area (Å²) in [5.74, 6) is -0.261. The lowest BCUT2D eigenvalue weighted by atomic mass is 10.1. The lowest BCUT2D eigenvalue weighted by molar-refractivity contribution is -0.117. The van der Waals surface area contributed by atoms with Crippen LogP contribution < -0.4 is 5.73 Å². The van der Waals surface area contributed by atoms with E-state index in [1.54, 1.807) is 0 Å². The molecule has 0 spiro atoms. The van der Waals surface area contributed by atoms with Crippen LogP contribution in [0.15, 0.2) is 42.5 Å². The molecule has 3 rings (SSSR count). The monoisotopic (exact) mass is 238 g/mol. The molecule has 0 fully saturated rings. The first-order valence-corrected chi connectivity index (χ1v) is 6.02. The van der Waals surface area contributed by atoms with E-state index in [1.165, 1.54) is 10.8 Å². The molecule has 1 aromatic heterocycles. The molecule has 0 aliphatic heterocycles. The van der Waals surface area contributed by atoms with E-state index in [0.29, 0.717) is 12.8 Å². The molecule has 3 aromatic rings. The number of amides is 1. The molecular formula is C15H14N2O. The molecule has 1 amide bonds. The number of hydrogen-bond acceptors (Lipinski definition) is 1. The van der Waals surface area contributed by atoms with Crippen LogP contribution >= 0.6 is 0 Å². The number of benzene rings is 2. The molecule has 18 heavy (non-hydrogen) atoms. The van der Waals surface area contributed by atoms with Crippen LogP contribution in [-0.2, 0) is 11.2 Å². The molecule has 1 heterocycles. The summed E-state index contributed by atoms with van der Waals surface area (Å²) in [6.07, 6.45) is 1.06. The normalized spacial score (nSPS) is 11.1. The Morgan fingerprint density at radius 1 is 1.06 bits per heavy atom. The molecule has 0 unspecified atom stereocenters. The zero-order chi connectivity index (χ0) is 12.5. The van der Waals surface area contributed by atoms with Crippen molar-refractivity contribution in [2.24, 2.45) is 5.73 Å². The highest BCUT2D eigenvalue weighted by molar-refractivity contribution is 6.08. The molecule has 0 saturated heterocycles. The van der Waals surface area contributed by atoms with E-state index in [9.17, 15) is 4.79 Å². The minimum absolute atomic E-state index is 0.261. The van der Waals surface area contributed by atoms with E-state index in [1.807, 2.05) is 24.3 Å². The number of carbonyl (C=O) groups is 1. The molecule has 0 atom stereocenters. The molecule has 0 saturated carbocycles. The number of primary amides is 1. The van der Waals surface area contributed by atoms with E-state index >= 15 is 0 Å². The summed E-state index contributed by atoms with van der Waals surface area (Å²) in [7, 11) is 0. The van der Waals surface area contributed by atoms with Crippen LogP contribution in [0.25, 0.3) is 21.8 Å². The maximum Gasteiger partial charge on any atom is 0.217 e. The molecular weight excluding hydrogens is 224 g/mol. The number of H-pyrrole nitrogens is 1. The quantitative estimate of drug-likeness (QED) is 0.724. The lowest BCUT2D eigenvalue weighted by Gasteiger charge is -2.01. The molecule has 0 radical (unpaired) electrons. The maximum atomic E-state index is 10.9. The largest absolute Gasteiger partial charge is 0.370 e. The van der Waals surface area contributed by atoms with Crippen molar-refractivity contribution in [1.29, 1.82) is 0 Å². The Morgan fingerprint density at radius 3 is 2.67 bits per heavy atom. The van der Waals surface area contributed by atoms with E-state index in [0.717, 1.165) is 16.6 Å². The van der Waals surface area contributed by atoms with Gasteiger partial charge in [0.15, 0.2) is 0 Å². The average Bonchev–Trinajstić information content (AvgIpc) is 2.75. The van der Waals surface area contributed by atoms with Crippen LogP contribution in [0.5, 0.6) is 0 Å². The average molecular weight is 238 g/mol. The molecule has 0 aliphatic carbocycles. The van der Waals surface area contributed by atoms with E-state index in [-0.39, 0.29) is 5.91 Å². The van der Waals surface area contributed by atoms with Crippen LogP contribution in [-0.4, -0.2) is 10.9 Å².